The fourth-order valence-electron chi connectivity index (χ4n) is 4.86. The van der Waals surface area contributed by atoms with Crippen LogP contribution in [0.25, 0.3) is 11.0 Å². The first kappa shape index (κ1) is 24.6. The van der Waals surface area contributed by atoms with E-state index >= 15 is 0 Å². The van der Waals surface area contributed by atoms with Gasteiger partial charge < -0.3 is 18.8 Å². The molecular formula is C31H31NO5. The van der Waals surface area contributed by atoms with E-state index in [2.05, 4.69) is 6.92 Å². The second-order valence-corrected chi connectivity index (χ2v) is 9.48. The number of carbonyl (C=O) groups excluding carboxylic acids is 1. The number of unbranched alkanes of at least 4 members (excludes halogenated alkanes) is 2. The van der Waals surface area contributed by atoms with Crippen LogP contribution in [0.3, 0.4) is 0 Å². The Bertz CT molecular complexity index is 1470. The van der Waals surface area contributed by atoms with Crippen molar-refractivity contribution in [2.45, 2.75) is 45.7 Å². The largest absolute Gasteiger partial charge is 0.497 e. The topological polar surface area (TPSA) is 69.0 Å². The van der Waals surface area contributed by atoms with E-state index in [0.29, 0.717) is 29.7 Å². The van der Waals surface area contributed by atoms with E-state index in [4.69, 9.17) is 13.9 Å². The van der Waals surface area contributed by atoms with Gasteiger partial charge in [-0.1, -0.05) is 55.7 Å². The van der Waals surface area contributed by atoms with E-state index in [1.54, 1.807) is 18.1 Å². The van der Waals surface area contributed by atoms with Gasteiger partial charge in [-0.15, -0.1) is 0 Å². The molecular weight excluding hydrogens is 466 g/mol. The number of hydrogen-bond acceptors (Lipinski definition) is 5. The van der Waals surface area contributed by atoms with E-state index in [1.165, 1.54) is 0 Å². The lowest BCUT2D eigenvalue weighted by atomic mass is 9.98. The first-order valence-electron chi connectivity index (χ1n) is 12.7. The number of nitrogens with zero attached hydrogens (tertiary/aromatic N) is 1. The van der Waals surface area contributed by atoms with E-state index in [9.17, 15) is 9.59 Å². The van der Waals surface area contributed by atoms with Crippen LogP contribution in [0, 0.1) is 6.92 Å². The van der Waals surface area contributed by atoms with Crippen molar-refractivity contribution in [3.63, 3.8) is 0 Å². The molecule has 1 aliphatic rings. The lowest BCUT2D eigenvalue weighted by molar-refractivity contribution is 0.0714. The molecule has 1 unspecified atom stereocenters. The fourth-order valence-corrected chi connectivity index (χ4v) is 4.86. The molecule has 37 heavy (non-hydrogen) atoms. The third-order valence-electron chi connectivity index (χ3n) is 6.85. The number of hydrogen-bond donors (Lipinski definition) is 0. The van der Waals surface area contributed by atoms with Gasteiger partial charge in [0, 0.05) is 6.54 Å². The second kappa shape index (κ2) is 10.5. The van der Waals surface area contributed by atoms with E-state index in [1.807, 2.05) is 67.6 Å². The van der Waals surface area contributed by atoms with Gasteiger partial charge in [0.2, 0.25) is 5.76 Å². The molecule has 4 aromatic rings. The van der Waals surface area contributed by atoms with Crippen LogP contribution in [0.4, 0.5) is 0 Å². The lowest BCUT2D eigenvalue weighted by Gasteiger charge is -2.25. The molecule has 190 valence electrons. The number of rotatable bonds is 9. The van der Waals surface area contributed by atoms with Crippen molar-refractivity contribution in [2.75, 3.05) is 13.7 Å². The minimum atomic E-state index is -0.570. The molecule has 5 rings (SSSR count). The molecule has 6 nitrogen and oxygen atoms in total. The molecule has 2 heterocycles. The molecule has 1 aliphatic heterocycles. The smallest absolute Gasteiger partial charge is 0.291 e. The number of amides is 1. The fraction of sp³-hybridized carbons (Fsp3) is 0.290. The molecule has 1 aromatic heterocycles. The molecule has 0 spiro atoms. The van der Waals surface area contributed by atoms with Crippen molar-refractivity contribution in [1.29, 1.82) is 0 Å². The Morgan fingerprint density at radius 2 is 1.65 bits per heavy atom. The molecule has 0 radical (unpaired) electrons. The summed E-state index contributed by atoms with van der Waals surface area (Å²) in [6.07, 6.45) is 3.27. The van der Waals surface area contributed by atoms with Gasteiger partial charge in [0.25, 0.3) is 5.91 Å². The highest BCUT2D eigenvalue weighted by molar-refractivity contribution is 5.99. The van der Waals surface area contributed by atoms with Gasteiger partial charge in [-0.2, -0.15) is 0 Å². The maximum absolute atomic E-state index is 13.8. The van der Waals surface area contributed by atoms with Crippen molar-refractivity contribution in [3.8, 4) is 11.5 Å². The second-order valence-electron chi connectivity index (χ2n) is 9.48. The molecule has 0 aliphatic carbocycles. The van der Waals surface area contributed by atoms with Gasteiger partial charge in [0.1, 0.15) is 17.1 Å². The predicted octanol–water partition coefficient (Wildman–Crippen LogP) is 6.42. The monoisotopic (exact) mass is 497 g/mol. The van der Waals surface area contributed by atoms with Gasteiger partial charge in [0.15, 0.2) is 5.43 Å². The molecule has 1 amide bonds. The van der Waals surface area contributed by atoms with Gasteiger partial charge in [0.05, 0.1) is 30.7 Å². The Balaban J connectivity index is 1.56. The zero-order valence-corrected chi connectivity index (χ0v) is 21.5. The summed E-state index contributed by atoms with van der Waals surface area (Å²) in [5.41, 5.74) is 3.35. The Morgan fingerprint density at radius 1 is 0.919 bits per heavy atom. The van der Waals surface area contributed by atoms with Crippen molar-refractivity contribution in [2.24, 2.45) is 0 Å². The molecule has 6 heteroatoms. The Morgan fingerprint density at radius 3 is 2.35 bits per heavy atom. The summed E-state index contributed by atoms with van der Waals surface area (Å²) in [5, 5.41) is 0.485. The number of carbonyl (C=O) groups is 1. The SMILES string of the molecule is CCCCCOc1ccc(C2c3c(oc4ccc(C)cc4c3=O)C(=O)N2Cc2ccc(OC)cc2)cc1. The van der Waals surface area contributed by atoms with E-state index in [-0.39, 0.29) is 17.1 Å². The number of ether oxygens (including phenoxy) is 2. The molecule has 3 aromatic carbocycles. The summed E-state index contributed by atoms with van der Waals surface area (Å²) < 4.78 is 17.2. The summed E-state index contributed by atoms with van der Waals surface area (Å²) in [4.78, 5) is 29.2. The van der Waals surface area contributed by atoms with Crippen LogP contribution < -0.4 is 14.9 Å². The quantitative estimate of drug-likeness (QED) is 0.250. The minimum Gasteiger partial charge on any atom is -0.497 e. The van der Waals surface area contributed by atoms with Crippen LogP contribution in [0.1, 0.15) is 65.0 Å². The first-order chi connectivity index (χ1) is 18.0. The molecule has 0 N–H and O–H groups in total. The van der Waals surface area contributed by atoms with Crippen LogP contribution in [0.2, 0.25) is 0 Å². The number of methoxy groups -OCH3 is 1. The van der Waals surface area contributed by atoms with Gasteiger partial charge in [-0.25, -0.2) is 0 Å². The summed E-state index contributed by atoms with van der Waals surface area (Å²) >= 11 is 0. The molecule has 0 saturated carbocycles. The summed E-state index contributed by atoms with van der Waals surface area (Å²) in [6.45, 7) is 5.08. The molecule has 0 fully saturated rings. The van der Waals surface area contributed by atoms with Crippen molar-refractivity contribution < 1.29 is 18.7 Å². The molecule has 0 bridgehead atoms. The number of aryl methyl sites for hydroxylation is 1. The first-order valence-corrected chi connectivity index (χ1v) is 12.7. The number of fused-ring (bicyclic) bond motifs is 2. The van der Waals surface area contributed by atoms with Gasteiger partial charge >= 0.3 is 0 Å². The van der Waals surface area contributed by atoms with E-state index < -0.39 is 6.04 Å². The summed E-state index contributed by atoms with van der Waals surface area (Å²) in [6, 6.07) is 20.1. The maximum atomic E-state index is 13.8. The van der Waals surface area contributed by atoms with Crippen LogP contribution in [-0.2, 0) is 6.54 Å². The Hall–Kier alpha value is -4.06. The number of benzene rings is 3. The third-order valence-corrected chi connectivity index (χ3v) is 6.85. The van der Waals surface area contributed by atoms with Gasteiger partial charge in [-0.3, -0.25) is 9.59 Å². The van der Waals surface area contributed by atoms with Crippen LogP contribution in [0.15, 0.2) is 75.9 Å². The van der Waals surface area contributed by atoms with Crippen LogP contribution in [-0.4, -0.2) is 24.5 Å². The minimum absolute atomic E-state index is 0.111. The highest BCUT2D eigenvalue weighted by Crippen LogP contribution is 2.39. The van der Waals surface area contributed by atoms with Crippen LogP contribution >= 0.6 is 0 Å². The van der Waals surface area contributed by atoms with Crippen molar-refractivity contribution in [3.05, 3.63) is 105 Å². The van der Waals surface area contributed by atoms with Gasteiger partial charge in [-0.05, 0) is 60.9 Å². The van der Waals surface area contributed by atoms with Crippen molar-refractivity contribution >= 4 is 16.9 Å². The highest BCUT2D eigenvalue weighted by Gasteiger charge is 2.42. The predicted molar refractivity (Wildman–Crippen MR) is 143 cm³/mol. The standard InChI is InChI=1S/C31H31NO5/c1-4-5-6-17-36-24-14-10-22(11-15-24)28-27-29(33)25-18-20(2)7-16-26(25)37-30(27)31(34)32(28)19-21-8-12-23(35-3)13-9-21/h7-16,18,28H,4-6,17,19H2,1-3H3. The Kier molecular flexibility index (Phi) is 6.99. The van der Waals surface area contributed by atoms with Crippen LogP contribution in [0.5, 0.6) is 11.5 Å². The Labute approximate surface area is 216 Å². The summed E-state index contributed by atoms with van der Waals surface area (Å²) in [7, 11) is 1.62. The summed E-state index contributed by atoms with van der Waals surface area (Å²) in [5.74, 6) is 1.33. The van der Waals surface area contributed by atoms with Crippen molar-refractivity contribution in [1.82, 2.24) is 4.90 Å². The maximum Gasteiger partial charge on any atom is 0.291 e. The normalized spacial score (nSPS) is 14.7. The average Bonchev–Trinajstić information content (AvgIpc) is 3.19. The molecule has 1 atom stereocenters. The zero-order valence-electron chi connectivity index (χ0n) is 21.5. The lowest BCUT2D eigenvalue weighted by Crippen LogP contribution is -2.29. The average molecular weight is 498 g/mol. The third kappa shape index (κ3) is 4.84. The highest BCUT2D eigenvalue weighted by atomic mass is 16.5. The molecule has 0 saturated heterocycles. The zero-order chi connectivity index (χ0) is 25.9. The van der Waals surface area contributed by atoms with E-state index in [0.717, 1.165) is 47.5 Å².